The number of pyridine rings is 1. The van der Waals surface area contributed by atoms with Crippen molar-refractivity contribution in [2.45, 2.75) is 12.3 Å². The molecule has 3 heterocycles. The van der Waals surface area contributed by atoms with Gasteiger partial charge in [0.15, 0.2) is 5.76 Å². The summed E-state index contributed by atoms with van der Waals surface area (Å²) in [6, 6.07) is 7.34. The number of hydrogen-bond acceptors (Lipinski definition) is 7. The number of furan rings is 1. The number of aromatic nitrogens is 1. The molecule has 31 heavy (non-hydrogen) atoms. The van der Waals surface area contributed by atoms with Crippen LogP contribution in [-0.4, -0.2) is 62.5 Å². The van der Waals surface area contributed by atoms with Crippen molar-refractivity contribution in [3.8, 4) is 0 Å². The zero-order chi connectivity index (χ0) is 20.6. The molecule has 0 unspecified atom stereocenters. The minimum atomic E-state index is -0.382. The lowest BCUT2D eigenvalue weighted by Crippen LogP contribution is -3.04. The van der Waals surface area contributed by atoms with E-state index in [2.05, 4.69) is 34.6 Å². The number of thioether (sulfide) groups is 1. The molecule has 1 saturated heterocycles. The van der Waals surface area contributed by atoms with Gasteiger partial charge in [-0.15, -0.1) is 0 Å². The van der Waals surface area contributed by atoms with Crippen molar-refractivity contribution in [3.63, 3.8) is 0 Å². The summed E-state index contributed by atoms with van der Waals surface area (Å²) in [6.07, 6.45) is 0. The number of quaternary nitrogens is 2. The summed E-state index contributed by atoms with van der Waals surface area (Å²) in [4.78, 5) is 19.0. The van der Waals surface area contributed by atoms with Gasteiger partial charge >= 0.3 is 5.69 Å². The molecule has 9 nitrogen and oxygen atoms in total. The lowest BCUT2D eigenvalue weighted by Gasteiger charge is -2.26. The molecule has 12 heteroatoms. The van der Waals surface area contributed by atoms with Crippen LogP contribution in [0.5, 0.6) is 0 Å². The first-order valence-corrected chi connectivity index (χ1v) is 11.1. The molecule has 0 atom stereocenters. The predicted octanol–water partition coefficient (Wildman–Crippen LogP) is -6.04. The van der Waals surface area contributed by atoms with Crippen LogP contribution in [0.25, 0.3) is 0 Å². The van der Waals surface area contributed by atoms with Gasteiger partial charge in [-0.1, -0.05) is 0 Å². The number of nitro groups is 1. The summed E-state index contributed by atoms with van der Waals surface area (Å²) < 4.78 is 5.82. The normalized spacial score (nSPS) is 13.5. The Balaban J connectivity index is 0.00000240. The summed E-state index contributed by atoms with van der Waals surface area (Å²) in [7, 11) is 4.18. The molecular weight excluding hydrogens is 463 g/mol. The van der Waals surface area contributed by atoms with Crippen molar-refractivity contribution in [3.05, 3.63) is 45.9 Å². The maximum absolute atomic E-state index is 11.3. The van der Waals surface area contributed by atoms with E-state index in [9.17, 15) is 10.1 Å². The smallest absolute Gasteiger partial charge is 0.311 e. The van der Waals surface area contributed by atoms with Gasteiger partial charge < -0.3 is 49.7 Å². The topological polar surface area (TPSA) is 105 Å². The second kappa shape index (κ2) is 13.6. The monoisotopic (exact) mass is 492 g/mol. The van der Waals surface area contributed by atoms with Crippen LogP contribution in [-0.2, 0) is 12.3 Å². The average molecular weight is 493 g/mol. The van der Waals surface area contributed by atoms with E-state index in [1.165, 1.54) is 4.90 Å². The fourth-order valence-electron chi connectivity index (χ4n) is 3.23. The second-order valence-electron chi connectivity index (χ2n) is 7.38. The number of nitrogens with one attached hydrogen (secondary N) is 2. The molecule has 3 rings (SSSR count). The van der Waals surface area contributed by atoms with Gasteiger partial charge in [0.2, 0.25) is 5.82 Å². The Labute approximate surface area is 199 Å². The fraction of sp³-hybridized carbons (Fsp3) is 0.526. The third kappa shape index (κ3) is 8.38. The molecule has 0 aliphatic carbocycles. The fourth-order valence-corrected chi connectivity index (χ4v) is 3.98. The van der Waals surface area contributed by atoms with Crippen molar-refractivity contribution in [2.75, 3.05) is 62.8 Å². The number of anilines is 2. The largest absolute Gasteiger partial charge is 1.00 e. The molecule has 0 saturated carbocycles. The van der Waals surface area contributed by atoms with Gasteiger partial charge in [0.05, 0.1) is 51.0 Å². The highest BCUT2D eigenvalue weighted by Crippen LogP contribution is 2.26. The van der Waals surface area contributed by atoms with Crippen LogP contribution in [0.15, 0.2) is 28.7 Å². The third-order valence-electron chi connectivity index (χ3n) is 4.61. The Morgan fingerprint density at radius 2 is 1.94 bits per heavy atom. The summed E-state index contributed by atoms with van der Waals surface area (Å²) in [5.41, 5.74) is 0.0178. The Hall–Kier alpha value is -1.72. The molecule has 2 aromatic heterocycles. The van der Waals surface area contributed by atoms with Crippen LogP contribution < -0.4 is 45.2 Å². The lowest BCUT2D eigenvalue weighted by molar-refractivity contribution is -0.873. The number of rotatable bonds is 10. The molecule has 1 aliphatic heterocycles. The first kappa shape index (κ1) is 27.3. The van der Waals surface area contributed by atoms with E-state index in [0.717, 1.165) is 61.6 Å². The van der Waals surface area contributed by atoms with E-state index in [0.29, 0.717) is 12.4 Å². The molecule has 4 N–H and O–H groups in total. The Kier molecular flexibility index (Phi) is 12.0. The number of halogens is 2. The number of hydrogen-bond donors (Lipinski definition) is 3. The highest BCUT2D eigenvalue weighted by Gasteiger charge is 2.20. The quantitative estimate of drug-likeness (QED) is 0.172. The highest BCUT2D eigenvalue weighted by molar-refractivity contribution is 7.98. The SMILES string of the molecule is C[NH+](C)Cc1ccc(CSCCNc2nc(N3CC[NH2+]CC3)ccc2[N+](=O)[O-])o1.[Cl-].[Cl-]. The zero-order valence-corrected chi connectivity index (χ0v) is 20.1. The molecular formula is C19H30Cl2N6O3S. The Bertz CT molecular complexity index is 818. The van der Waals surface area contributed by atoms with Gasteiger partial charge in [0.25, 0.3) is 0 Å². The summed E-state index contributed by atoms with van der Waals surface area (Å²) in [6.45, 7) is 5.31. The molecule has 0 radical (unpaired) electrons. The Morgan fingerprint density at radius 3 is 2.61 bits per heavy atom. The van der Waals surface area contributed by atoms with E-state index in [4.69, 9.17) is 4.42 Å². The summed E-state index contributed by atoms with van der Waals surface area (Å²) in [5.74, 6) is 4.67. The molecule has 1 fully saturated rings. The minimum absolute atomic E-state index is 0. The number of nitrogens with two attached hydrogens (primary N) is 1. The zero-order valence-electron chi connectivity index (χ0n) is 17.8. The lowest BCUT2D eigenvalue weighted by atomic mass is 10.3. The molecule has 0 aromatic carbocycles. The third-order valence-corrected chi connectivity index (χ3v) is 5.60. The maximum Gasteiger partial charge on any atom is 0.311 e. The number of nitrogens with zero attached hydrogens (tertiary/aromatic N) is 3. The van der Waals surface area contributed by atoms with Crippen LogP contribution in [0.4, 0.5) is 17.3 Å². The molecule has 1 aliphatic rings. The molecule has 2 aromatic rings. The molecule has 174 valence electrons. The van der Waals surface area contributed by atoms with Gasteiger partial charge in [-0.2, -0.15) is 11.8 Å². The van der Waals surface area contributed by atoms with Crippen LogP contribution in [0, 0.1) is 10.1 Å². The predicted molar refractivity (Wildman–Crippen MR) is 115 cm³/mol. The van der Waals surface area contributed by atoms with Crippen LogP contribution in [0.1, 0.15) is 11.5 Å². The van der Waals surface area contributed by atoms with Crippen molar-refractivity contribution >= 4 is 29.1 Å². The van der Waals surface area contributed by atoms with Gasteiger partial charge in [0, 0.05) is 18.4 Å². The van der Waals surface area contributed by atoms with E-state index in [1.54, 1.807) is 23.9 Å². The summed E-state index contributed by atoms with van der Waals surface area (Å²) in [5, 5.41) is 16.8. The van der Waals surface area contributed by atoms with Gasteiger partial charge in [-0.25, -0.2) is 4.98 Å². The van der Waals surface area contributed by atoms with Gasteiger partial charge in [-0.3, -0.25) is 10.1 Å². The van der Waals surface area contributed by atoms with Crippen molar-refractivity contribution in [1.29, 1.82) is 0 Å². The first-order valence-electron chi connectivity index (χ1n) is 9.93. The van der Waals surface area contributed by atoms with Crippen molar-refractivity contribution < 1.29 is 44.4 Å². The van der Waals surface area contributed by atoms with Crippen molar-refractivity contribution in [2.24, 2.45) is 0 Å². The highest BCUT2D eigenvalue weighted by atomic mass is 35.5. The number of piperazine rings is 1. The standard InChI is InChI=1S/C19H28N6O3S.2ClH/c1-23(2)13-15-3-4-16(28-15)14-29-12-9-21-19-17(25(26)27)5-6-18(22-19)24-10-7-20-8-11-24;;/h3-6,20H,7-14H2,1-2H3,(H,21,22);2*1H. The van der Waals surface area contributed by atoms with E-state index in [-0.39, 0.29) is 35.4 Å². The van der Waals surface area contributed by atoms with Crippen LogP contribution in [0.2, 0.25) is 0 Å². The average Bonchev–Trinajstić information content (AvgIpc) is 3.14. The van der Waals surface area contributed by atoms with Gasteiger partial charge in [-0.05, 0) is 18.2 Å². The second-order valence-corrected chi connectivity index (χ2v) is 8.48. The molecule has 0 amide bonds. The van der Waals surface area contributed by atoms with Gasteiger partial charge in [0.1, 0.15) is 18.1 Å². The van der Waals surface area contributed by atoms with Crippen molar-refractivity contribution in [1.82, 2.24) is 4.98 Å². The molecule has 0 bridgehead atoms. The van der Waals surface area contributed by atoms with Crippen LogP contribution in [0.3, 0.4) is 0 Å². The van der Waals surface area contributed by atoms with E-state index < -0.39 is 0 Å². The van der Waals surface area contributed by atoms with E-state index >= 15 is 0 Å². The maximum atomic E-state index is 11.3. The van der Waals surface area contributed by atoms with E-state index in [1.807, 2.05) is 12.1 Å². The summed E-state index contributed by atoms with van der Waals surface area (Å²) >= 11 is 1.73. The first-order chi connectivity index (χ1) is 14.0. The Morgan fingerprint density at radius 1 is 1.23 bits per heavy atom. The van der Waals surface area contributed by atoms with Crippen LogP contribution >= 0.6 is 11.8 Å². The minimum Gasteiger partial charge on any atom is -1.00 e. The molecule has 0 spiro atoms.